The number of hydrogen-bond donors (Lipinski definition) is 2. The van der Waals surface area contributed by atoms with Crippen LogP contribution in [0.3, 0.4) is 0 Å². The minimum absolute atomic E-state index is 0.146. The summed E-state index contributed by atoms with van der Waals surface area (Å²) in [5, 5.41) is 2.43. The fourth-order valence-corrected chi connectivity index (χ4v) is 1.69. The molecule has 6 nitrogen and oxygen atoms in total. The van der Waals surface area contributed by atoms with Crippen LogP contribution in [0, 0.1) is 5.82 Å². The number of nitrogens with one attached hydrogen (secondary N) is 1. The van der Waals surface area contributed by atoms with Crippen molar-refractivity contribution in [2.24, 2.45) is 5.73 Å². The fourth-order valence-electron chi connectivity index (χ4n) is 1.69. The van der Waals surface area contributed by atoms with Gasteiger partial charge in [-0.3, -0.25) is 9.59 Å². The van der Waals surface area contributed by atoms with E-state index >= 15 is 0 Å². The number of primary amides is 1. The van der Waals surface area contributed by atoms with E-state index in [1.807, 2.05) is 0 Å². The molecule has 0 unspecified atom stereocenters. The minimum atomic E-state index is -0.779. The van der Waals surface area contributed by atoms with Crippen molar-refractivity contribution in [1.29, 1.82) is 0 Å². The molecule has 1 heterocycles. The van der Waals surface area contributed by atoms with Gasteiger partial charge in [-0.2, -0.15) is 0 Å². The van der Waals surface area contributed by atoms with Crippen LogP contribution in [-0.4, -0.2) is 22.8 Å². The highest BCUT2D eigenvalue weighted by Gasteiger charge is 2.14. The van der Waals surface area contributed by atoms with Crippen molar-refractivity contribution >= 4 is 11.8 Å². The largest absolute Gasteiger partial charge is 0.487 e. The molecule has 1 aromatic carbocycles. The first-order chi connectivity index (χ1) is 11.0. The van der Waals surface area contributed by atoms with Crippen molar-refractivity contribution in [3.8, 4) is 5.75 Å². The van der Waals surface area contributed by atoms with Gasteiger partial charge in [0.15, 0.2) is 0 Å². The van der Waals surface area contributed by atoms with Crippen LogP contribution >= 0.6 is 0 Å². The standard InChI is InChI=1S/C16H16FN3O3/c1-10(15(18)21)20-16(22)14-7-6-13(8-19-14)23-9-11-2-4-12(17)5-3-11/h2-8,10H,9H2,1H3,(H2,18,21)(H,20,22)/t10-/m0/s1. The number of carbonyl (C=O) groups is 2. The van der Waals surface area contributed by atoms with E-state index < -0.39 is 17.9 Å². The first-order valence-corrected chi connectivity index (χ1v) is 6.89. The number of pyridine rings is 1. The van der Waals surface area contributed by atoms with Crippen LogP contribution in [0.4, 0.5) is 4.39 Å². The maximum absolute atomic E-state index is 12.8. The summed E-state index contributed by atoms with van der Waals surface area (Å²) >= 11 is 0. The molecule has 0 bridgehead atoms. The van der Waals surface area contributed by atoms with Crippen LogP contribution < -0.4 is 15.8 Å². The molecule has 1 atom stereocenters. The topological polar surface area (TPSA) is 94.3 Å². The second-order valence-electron chi connectivity index (χ2n) is 4.89. The second-order valence-corrected chi connectivity index (χ2v) is 4.89. The van der Waals surface area contributed by atoms with Crippen molar-refractivity contribution in [1.82, 2.24) is 10.3 Å². The van der Waals surface area contributed by atoms with Crippen molar-refractivity contribution in [2.75, 3.05) is 0 Å². The molecule has 0 aliphatic rings. The molecule has 120 valence electrons. The van der Waals surface area contributed by atoms with Crippen LogP contribution in [0.2, 0.25) is 0 Å². The number of ether oxygens (including phenoxy) is 1. The SMILES string of the molecule is C[C@H](NC(=O)c1ccc(OCc2ccc(F)cc2)cn1)C(N)=O. The van der Waals surface area contributed by atoms with Crippen molar-refractivity contribution in [3.63, 3.8) is 0 Å². The molecule has 2 rings (SSSR count). The number of nitrogens with two attached hydrogens (primary N) is 1. The lowest BCUT2D eigenvalue weighted by Crippen LogP contribution is -2.42. The third kappa shape index (κ3) is 4.77. The van der Waals surface area contributed by atoms with E-state index in [0.29, 0.717) is 5.75 Å². The molecule has 2 amide bonds. The summed E-state index contributed by atoms with van der Waals surface area (Å²) in [5.74, 6) is -0.969. The van der Waals surface area contributed by atoms with Gasteiger partial charge in [0.1, 0.15) is 29.9 Å². The van der Waals surface area contributed by atoms with Crippen molar-refractivity contribution in [3.05, 3.63) is 59.7 Å². The summed E-state index contributed by atoms with van der Waals surface area (Å²) < 4.78 is 18.3. The van der Waals surface area contributed by atoms with E-state index in [2.05, 4.69) is 10.3 Å². The lowest BCUT2D eigenvalue weighted by atomic mass is 10.2. The zero-order valence-corrected chi connectivity index (χ0v) is 12.5. The summed E-state index contributed by atoms with van der Waals surface area (Å²) in [6.07, 6.45) is 1.40. The Labute approximate surface area is 132 Å². The van der Waals surface area contributed by atoms with Crippen LogP contribution in [0.15, 0.2) is 42.6 Å². The third-order valence-electron chi connectivity index (χ3n) is 3.06. The highest BCUT2D eigenvalue weighted by atomic mass is 19.1. The van der Waals surface area contributed by atoms with E-state index in [1.165, 1.54) is 31.3 Å². The van der Waals surface area contributed by atoms with Crippen molar-refractivity contribution < 1.29 is 18.7 Å². The van der Waals surface area contributed by atoms with Gasteiger partial charge in [0.25, 0.3) is 5.91 Å². The summed E-state index contributed by atoms with van der Waals surface area (Å²) in [6.45, 7) is 1.74. The number of benzene rings is 1. The molecular weight excluding hydrogens is 301 g/mol. The number of rotatable bonds is 6. The van der Waals surface area contributed by atoms with Crippen LogP contribution in [0.5, 0.6) is 5.75 Å². The molecule has 0 fully saturated rings. The fraction of sp³-hybridized carbons (Fsp3) is 0.188. The number of aromatic nitrogens is 1. The quantitative estimate of drug-likeness (QED) is 0.842. The predicted octanol–water partition coefficient (Wildman–Crippen LogP) is 1.40. The molecule has 0 spiro atoms. The summed E-state index contributed by atoms with van der Waals surface area (Å²) in [7, 11) is 0. The molecule has 0 aliphatic carbocycles. The second kappa shape index (κ2) is 7.35. The zero-order chi connectivity index (χ0) is 16.8. The molecule has 3 N–H and O–H groups in total. The van der Waals surface area contributed by atoms with Crippen molar-refractivity contribution in [2.45, 2.75) is 19.6 Å². The Hall–Kier alpha value is -2.96. The van der Waals surface area contributed by atoms with Gasteiger partial charge in [-0.25, -0.2) is 9.37 Å². The van der Waals surface area contributed by atoms with Gasteiger partial charge in [-0.05, 0) is 36.8 Å². The van der Waals surface area contributed by atoms with Gasteiger partial charge in [-0.15, -0.1) is 0 Å². The monoisotopic (exact) mass is 317 g/mol. The number of halogens is 1. The van der Waals surface area contributed by atoms with E-state index in [1.54, 1.807) is 18.2 Å². The Kier molecular flexibility index (Phi) is 5.24. The lowest BCUT2D eigenvalue weighted by Gasteiger charge is -2.10. The van der Waals surface area contributed by atoms with Gasteiger partial charge < -0.3 is 15.8 Å². The van der Waals surface area contributed by atoms with Crippen LogP contribution in [0.25, 0.3) is 0 Å². The summed E-state index contributed by atoms with van der Waals surface area (Å²) in [6, 6.07) is 8.22. The number of nitrogens with zero attached hydrogens (tertiary/aromatic N) is 1. The minimum Gasteiger partial charge on any atom is -0.487 e. The molecule has 0 saturated carbocycles. The Morgan fingerprint density at radius 3 is 2.52 bits per heavy atom. The predicted molar refractivity (Wildman–Crippen MR) is 81.1 cm³/mol. The third-order valence-corrected chi connectivity index (χ3v) is 3.06. The molecule has 0 aliphatic heterocycles. The Balaban J connectivity index is 1.92. The Morgan fingerprint density at radius 1 is 1.26 bits per heavy atom. The zero-order valence-electron chi connectivity index (χ0n) is 12.5. The van der Waals surface area contributed by atoms with E-state index in [9.17, 15) is 14.0 Å². The van der Waals surface area contributed by atoms with E-state index in [-0.39, 0.29) is 18.1 Å². The first-order valence-electron chi connectivity index (χ1n) is 6.89. The number of amides is 2. The molecule has 2 aromatic rings. The van der Waals surface area contributed by atoms with Crippen LogP contribution in [-0.2, 0) is 11.4 Å². The summed E-state index contributed by atoms with van der Waals surface area (Å²) in [5.41, 5.74) is 6.03. The average molecular weight is 317 g/mol. The van der Waals surface area contributed by atoms with Gasteiger partial charge in [-0.1, -0.05) is 12.1 Å². The highest BCUT2D eigenvalue weighted by molar-refractivity contribution is 5.95. The molecule has 0 saturated heterocycles. The average Bonchev–Trinajstić information content (AvgIpc) is 2.54. The number of hydrogen-bond acceptors (Lipinski definition) is 4. The van der Waals surface area contributed by atoms with E-state index in [0.717, 1.165) is 5.56 Å². The highest BCUT2D eigenvalue weighted by Crippen LogP contribution is 2.12. The molecule has 23 heavy (non-hydrogen) atoms. The Bertz CT molecular complexity index is 687. The maximum Gasteiger partial charge on any atom is 0.270 e. The van der Waals surface area contributed by atoms with Gasteiger partial charge in [0.2, 0.25) is 5.91 Å². The lowest BCUT2D eigenvalue weighted by molar-refractivity contribution is -0.119. The van der Waals surface area contributed by atoms with Crippen LogP contribution in [0.1, 0.15) is 23.0 Å². The molecular formula is C16H16FN3O3. The maximum atomic E-state index is 12.8. The van der Waals surface area contributed by atoms with Gasteiger partial charge in [0.05, 0.1) is 6.20 Å². The normalized spacial score (nSPS) is 11.6. The molecule has 0 radical (unpaired) electrons. The Morgan fingerprint density at radius 2 is 1.96 bits per heavy atom. The first kappa shape index (κ1) is 16.4. The van der Waals surface area contributed by atoms with Gasteiger partial charge in [0, 0.05) is 0 Å². The molecule has 1 aromatic heterocycles. The van der Waals surface area contributed by atoms with E-state index in [4.69, 9.17) is 10.5 Å². The van der Waals surface area contributed by atoms with Gasteiger partial charge >= 0.3 is 0 Å². The smallest absolute Gasteiger partial charge is 0.270 e. The number of carbonyl (C=O) groups excluding carboxylic acids is 2. The molecule has 7 heteroatoms. The summed E-state index contributed by atoms with van der Waals surface area (Å²) in [4.78, 5) is 26.7.